The highest BCUT2D eigenvalue weighted by molar-refractivity contribution is 6.30. The minimum Gasteiger partial charge on any atom is -0.496 e. The van der Waals surface area contributed by atoms with Crippen molar-refractivity contribution in [2.75, 3.05) is 13.7 Å². The minimum absolute atomic E-state index is 0.356. The summed E-state index contributed by atoms with van der Waals surface area (Å²) in [6, 6.07) is 5.35. The van der Waals surface area contributed by atoms with Crippen LogP contribution in [-0.2, 0) is 9.53 Å². The highest BCUT2D eigenvalue weighted by Crippen LogP contribution is 2.24. The first-order valence-corrected chi connectivity index (χ1v) is 5.90. The lowest BCUT2D eigenvalue weighted by Crippen LogP contribution is -1.98. The van der Waals surface area contributed by atoms with Gasteiger partial charge in [0, 0.05) is 16.7 Å². The first-order valence-electron chi connectivity index (χ1n) is 5.52. The van der Waals surface area contributed by atoms with Crippen LogP contribution in [0.2, 0.25) is 5.02 Å². The van der Waals surface area contributed by atoms with Gasteiger partial charge >= 0.3 is 5.97 Å². The van der Waals surface area contributed by atoms with Crippen LogP contribution in [0.4, 0.5) is 0 Å². The molecule has 18 heavy (non-hydrogen) atoms. The third-order valence-electron chi connectivity index (χ3n) is 2.10. The number of benzene rings is 1. The Labute approximate surface area is 112 Å². The molecule has 3 nitrogen and oxygen atoms in total. The summed E-state index contributed by atoms with van der Waals surface area (Å²) in [5, 5.41) is 0.617. The molecule has 1 rings (SSSR count). The van der Waals surface area contributed by atoms with E-state index in [9.17, 15) is 4.79 Å². The van der Waals surface area contributed by atoms with Gasteiger partial charge in [0.25, 0.3) is 0 Å². The quantitative estimate of drug-likeness (QED) is 0.465. The molecule has 96 valence electrons. The highest BCUT2D eigenvalue weighted by Gasteiger charge is 1.99. The van der Waals surface area contributed by atoms with Crippen LogP contribution in [0.25, 0.3) is 6.08 Å². The van der Waals surface area contributed by atoms with E-state index in [1.54, 1.807) is 38.3 Å². The van der Waals surface area contributed by atoms with Crippen molar-refractivity contribution < 1.29 is 14.3 Å². The second-order valence-corrected chi connectivity index (χ2v) is 3.79. The van der Waals surface area contributed by atoms with E-state index < -0.39 is 0 Å². The van der Waals surface area contributed by atoms with Crippen LogP contribution in [-0.4, -0.2) is 19.7 Å². The fraction of sp³-hybridized carbons (Fsp3) is 0.214. The molecule has 0 aliphatic heterocycles. The van der Waals surface area contributed by atoms with Crippen molar-refractivity contribution in [3.8, 4) is 5.75 Å². The van der Waals surface area contributed by atoms with Gasteiger partial charge in [-0.1, -0.05) is 29.8 Å². The number of hydrogen-bond donors (Lipinski definition) is 0. The van der Waals surface area contributed by atoms with Gasteiger partial charge in [-0.3, -0.25) is 0 Å². The number of methoxy groups -OCH3 is 1. The van der Waals surface area contributed by atoms with Crippen molar-refractivity contribution in [1.29, 1.82) is 0 Å². The third-order valence-corrected chi connectivity index (χ3v) is 2.34. The number of rotatable bonds is 5. The summed E-state index contributed by atoms with van der Waals surface area (Å²) in [5.41, 5.74) is 0.885. The zero-order valence-electron chi connectivity index (χ0n) is 10.4. The van der Waals surface area contributed by atoms with E-state index in [0.717, 1.165) is 5.56 Å². The van der Waals surface area contributed by atoms with Crippen LogP contribution in [0.15, 0.2) is 36.4 Å². The molecule has 4 heteroatoms. The van der Waals surface area contributed by atoms with Crippen molar-refractivity contribution in [3.63, 3.8) is 0 Å². The maximum Gasteiger partial charge on any atom is 0.330 e. The molecule has 0 bridgehead atoms. The Morgan fingerprint density at radius 1 is 1.39 bits per heavy atom. The molecule has 0 aromatic heterocycles. The fourth-order valence-corrected chi connectivity index (χ4v) is 1.47. The van der Waals surface area contributed by atoms with E-state index in [4.69, 9.17) is 21.1 Å². The summed E-state index contributed by atoms with van der Waals surface area (Å²) in [6.07, 6.45) is 6.54. The molecule has 0 saturated heterocycles. The van der Waals surface area contributed by atoms with Crippen LogP contribution >= 0.6 is 11.6 Å². The minimum atomic E-state index is -0.356. The molecule has 1 aromatic rings. The number of halogens is 1. The standard InChI is InChI=1S/C14H15ClO3/c1-3-18-14(16)7-5-4-6-11-8-9-12(15)10-13(11)17-2/h4-10H,3H2,1-2H3. The van der Waals surface area contributed by atoms with Crippen LogP contribution in [0, 0.1) is 0 Å². The Hall–Kier alpha value is -1.74. The number of allylic oxidation sites excluding steroid dienone is 2. The summed E-state index contributed by atoms with van der Waals surface area (Å²) < 4.78 is 9.94. The molecule has 0 fully saturated rings. The van der Waals surface area contributed by atoms with Gasteiger partial charge in [0.05, 0.1) is 13.7 Å². The normalized spacial score (nSPS) is 11.1. The van der Waals surface area contributed by atoms with Gasteiger partial charge in [-0.15, -0.1) is 0 Å². The van der Waals surface area contributed by atoms with Crippen LogP contribution in [0.5, 0.6) is 5.75 Å². The number of esters is 1. The lowest BCUT2D eigenvalue weighted by molar-refractivity contribution is -0.137. The SMILES string of the molecule is CCOC(=O)C=CC=Cc1ccc(Cl)cc1OC. The molecule has 0 radical (unpaired) electrons. The Kier molecular flexibility index (Phi) is 6.01. The highest BCUT2D eigenvalue weighted by atomic mass is 35.5. The molecular formula is C14H15ClO3. The molecule has 0 spiro atoms. The van der Waals surface area contributed by atoms with Crippen LogP contribution < -0.4 is 4.74 Å². The molecule has 0 unspecified atom stereocenters. The summed E-state index contributed by atoms with van der Waals surface area (Å²) in [7, 11) is 1.58. The van der Waals surface area contributed by atoms with Gasteiger partial charge < -0.3 is 9.47 Å². The second kappa shape index (κ2) is 7.56. The number of ether oxygens (including phenoxy) is 2. The summed E-state index contributed by atoms with van der Waals surface area (Å²) in [4.78, 5) is 11.0. The summed E-state index contributed by atoms with van der Waals surface area (Å²) in [6.45, 7) is 2.14. The molecule has 0 atom stereocenters. The topological polar surface area (TPSA) is 35.5 Å². The third kappa shape index (κ3) is 4.63. The molecule has 0 aliphatic rings. The van der Waals surface area contributed by atoms with Crippen molar-refractivity contribution in [2.24, 2.45) is 0 Å². The van der Waals surface area contributed by atoms with Gasteiger partial charge in [-0.2, -0.15) is 0 Å². The Morgan fingerprint density at radius 3 is 2.83 bits per heavy atom. The second-order valence-electron chi connectivity index (χ2n) is 3.36. The molecule has 0 aliphatic carbocycles. The fourth-order valence-electron chi connectivity index (χ4n) is 1.31. The maximum atomic E-state index is 11.0. The Morgan fingerprint density at radius 2 is 2.17 bits per heavy atom. The average Bonchev–Trinajstić information content (AvgIpc) is 2.36. The van der Waals surface area contributed by atoms with Gasteiger partial charge in [-0.25, -0.2) is 4.79 Å². The van der Waals surface area contributed by atoms with E-state index in [1.807, 2.05) is 12.1 Å². The van der Waals surface area contributed by atoms with Crippen molar-refractivity contribution in [2.45, 2.75) is 6.92 Å². The van der Waals surface area contributed by atoms with Gasteiger partial charge in [-0.05, 0) is 25.1 Å². The van der Waals surface area contributed by atoms with Gasteiger partial charge in [0.1, 0.15) is 5.75 Å². The average molecular weight is 267 g/mol. The van der Waals surface area contributed by atoms with E-state index >= 15 is 0 Å². The Bertz CT molecular complexity index is 464. The Balaban J connectivity index is 2.70. The molecular weight excluding hydrogens is 252 g/mol. The zero-order valence-corrected chi connectivity index (χ0v) is 11.1. The van der Waals surface area contributed by atoms with E-state index in [1.165, 1.54) is 6.08 Å². The largest absolute Gasteiger partial charge is 0.496 e. The molecule has 0 N–H and O–H groups in total. The monoisotopic (exact) mass is 266 g/mol. The van der Waals surface area contributed by atoms with Crippen molar-refractivity contribution >= 4 is 23.6 Å². The van der Waals surface area contributed by atoms with Gasteiger partial charge in [0.2, 0.25) is 0 Å². The van der Waals surface area contributed by atoms with Crippen LogP contribution in [0.1, 0.15) is 12.5 Å². The maximum absolute atomic E-state index is 11.0. The summed E-state index contributed by atoms with van der Waals surface area (Å²) >= 11 is 5.85. The molecule has 0 heterocycles. The zero-order chi connectivity index (χ0) is 13.4. The lowest BCUT2D eigenvalue weighted by atomic mass is 10.2. The first-order chi connectivity index (χ1) is 8.67. The predicted octanol–water partition coefficient (Wildman–Crippen LogP) is 3.48. The van der Waals surface area contributed by atoms with E-state index in [-0.39, 0.29) is 5.97 Å². The van der Waals surface area contributed by atoms with Crippen LogP contribution in [0.3, 0.4) is 0 Å². The van der Waals surface area contributed by atoms with E-state index in [2.05, 4.69) is 0 Å². The first kappa shape index (κ1) is 14.3. The number of hydrogen-bond acceptors (Lipinski definition) is 3. The van der Waals surface area contributed by atoms with Gasteiger partial charge in [0.15, 0.2) is 0 Å². The predicted molar refractivity (Wildman–Crippen MR) is 72.8 cm³/mol. The van der Waals surface area contributed by atoms with Crippen molar-refractivity contribution in [3.05, 3.63) is 47.0 Å². The summed E-state index contributed by atoms with van der Waals surface area (Å²) in [5.74, 6) is 0.327. The number of carbonyl (C=O) groups is 1. The van der Waals surface area contributed by atoms with Crippen molar-refractivity contribution in [1.82, 2.24) is 0 Å². The lowest BCUT2D eigenvalue weighted by Gasteiger charge is -2.04. The molecule has 0 amide bonds. The number of carbonyl (C=O) groups excluding carboxylic acids is 1. The van der Waals surface area contributed by atoms with E-state index in [0.29, 0.717) is 17.4 Å². The molecule has 0 saturated carbocycles. The smallest absolute Gasteiger partial charge is 0.330 e. The molecule has 1 aromatic carbocycles.